The fourth-order valence-electron chi connectivity index (χ4n) is 2.21. The van der Waals surface area contributed by atoms with Crippen molar-refractivity contribution in [1.82, 2.24) is 14.9 Å². The minimum Gasteiger partial charge on any atom is -0.334 e. The largest absolute Gasteiger partial charge is 0.446 e. The molecule has 0 aliphatic carbocycles. The number of benzene rings is 2. The lowest BCUT2D eigenvalue weighted by atomic mass is 10.1. The average molecular weight is 410 g/mol. The first-order valence-electron chi connectivity index (χ1n) is 7.66. The van der Waals surface area contributed by atoms with E-state index >= 15 is 0 Å². The highest BCUT2D eigenvalue weighted by molar-refractivity contribution is 8.00. The monoisotopic (exact) mass is 410 g/mol. The van der Waals surface area contributed by atoms with Crippen molar-refractivity contribution < 1.29 is 18.0 Å². The van der Waals surface area contributed by atoms with E-state index in [1.807, 2.05) is 29.6 Å². The van der Waals surface area contributed by atoms with Gasteiger partial charge in [-0.25, -0.2) is 4.79 Å². The molecule has 0 atom stereocenters. The SMILES string of the molecule is O=C(NCc1ccc(-c2csnn2)cc1)Nc1cccc(SC(F)(F)F)c1. The average Bonchev–Trinajstić information content (AvgIpc) is 3.14. The molecule has 27 heavy (non-hydrogen) atoms. The Labute approximate surface area is 161 Å². The maximum Gasteiger partial charge on any atom is 0.446 e. The first-order chi connectivity index (χ1) is 12.9. The Morgan fingerprint density at radius 2 is 1.93 bits per heavy atom. The quantitative estimate of drug-likeness (QED) is 0.572. The number of rotatable bonds is 5. The van der Waals surface area contributed by atoms with Gasteiger partial charge in [-0.15, -0.1) is 5.10 Å². The number of carbonyl (C=O) groups excluding carboxylic acids is 1. The number of hydrogen-bond donors (Lipinski definition) is 2. The second kappa shape index (κ2) is 8.40. The molecule has 0 saturated heterocycles. The van der Waals surface area contributed by atoms with E-state index < -0.39 is 11.5 Å². The van der Waals surface area contributed by atoms with Crippen molar-refractivity contribution in [1.29, 1.82) is 0 Å². The Morgan fingerprint density at radius 1 is 1.15 bits per heavy atom. The summed E-state index contributed by atoms with van der Waals surface area (Å²) >= 11 is 1.04. The molecule has 1 heterocycles. The molecular formula is C17H13F3N4OS2. The van der Waals surface area contributed by atoms with E-state index in [2.05, 4.69) is 20.2 Å². The molecule has 10 heteroatoms. The zero-order valence-electron chi connectivity index (χ0n) is 13.7. The van der Waals surface area contributed by atoms with E-state index in [0.717, 1.165) is 16.8 Å². The molecule has 0 saturated carbocycles. The first-order valence-corrected chi connectivity index (χ1v) is 9.31. The van der Waals surface area contributed by atoms with E-state index in [1.54, 1.807) is 0 Å². The van der Waals surface area contributed by atoms with E-state index in [1.165, 1.54) is 35.8 Å². The number of aromatic nitrogens is 2. The summed E-state index contributed by atoms with van der Waals surface area (Å²) in [5.41, 5.74) is -1.50. The van der Waals surface area contributed by atoms with Crippen molar-refractivity contribution in [2.75, 3.05) is 5.32 Å². The number of anilines is 1. The summed E-state index contributed by atoms with van der Waals surface area (Å²) in [6.45, 7) is 0.276. The van der Waals surface area contributed by atoms with Crippen LogP contribution in [0.1, 0.15) is 5.56 Å². The highest BCUT2D eigenvalue weighted by atomic mass is 32.2. The topological polar surface area (TPSA) is 66.9 Å². The number of urea groups is 1. The summed E-state index contributed by atoms with van der Waals surface area (Å²) in [5, 5.41) is 11.0. The number of nitrogens with zero attached hydrogens (tertiary/aromatic N) is 2. The molecule has 3 aromatic rings. The van der Waals surface area contributed by atoms with Crippen molar-refractivity contribution in [3.63, 3.8) is 0 Å². The second-order valence-electron chi connectivity index (χ2n) is 5.37. The second-order valence-corrected chi connectivity index (χ2v) is 7.12. The predicted octanol–water partition coefficient (Wildman–Crippen LogP) is 5.14. The Kier molecular flexibility index (Phi) is 5.97. The van der Waals surface area contributed by atoms with Crippen LogP contribution in [0.2, 0.25) is 0 Å². The summed E-state index contributed by atoms with van der Waals surface area (Å²) in [4.78, 5) is 12.0. The predicted molar refractivity (Wildman–Crippen MR) is 99.6 cm³/mol. The first kappa shape index (κ1) is 19.2. The number of nitrogens with one attached hydrogen (secondary N) is 2. The smallest absolute Gasteiger partial charge is 0.334 e. The van der Waals surface area contributed by atoms with Crippen LogP contribution in [-0.2, 0) is 6.54 Å². The number of thioether (sulfide) groups is 1. The zero-order valence-corrected chi connectivity index (χ0v) is 15.3. The molecule has 0 bridgehead atoms. The molecule has 0 spiro atoms. The lowest BCUT2D eigenvalue weighted by Gasteiger charge is -2.10. The van der Waals surface area contributed by atoms with Gasteiger partial charge in [0.15, 0.2) is 0 Å². The number of alkyl halides is 3. The third kappa shape index (κ3) is 5.97. The van der Waals surface area contributed by atoms with Crippen molar-refractivity contribution in [3.05, 3.63) is 59.5 Å². The zero-order chi connectivity index (χ0) is 19.3. The van der Waals surface area contributed by atoms with Gasteiger partial charge in [-0.3, -0.25) is 0 Å². The third-order valence-electron chi connectivity index (χ3n) is 3.39. The highest BCUT2D eigenvalue weighted by Crippen LogP contribution is 2.37. The van der Waals surface area contributed by atoms with Gasteiger partial charge in [0.1, 0.15) is 5.69 Å². The number of carbonyl (C=O) groups is 1. The molecule has 5 nitrogen and oxygen atoms in total. The minimum atomic E-state index is -4.37. The van der Waals surface area contributed by atoms with Gasteiger partial charge in [0.25, 0.3) is 0 Å². The highest BCUT2D eigenvalue weighted by Gasteiger charge is 2.29. The van der Waals surface area contributed by atoms with Crippen LogP contribution >= 0.6 is 23.3 Å². The molecule has 0 radical (unpaired) electrons. The molecule has 140 valence electrons. The molecule has 3 rings (SSSR count). The van der Waals surface area contributed by atoms with Gasteiger partial charge < -0.3 is 10.6 Å². The van der Waals surface area contributed by atoms with Crippen LogP contribution in [0.4, 0.5) is 23.7 Å². The van der Waals surface area contributed by atoms with Crippen molar-refractivity contribution >= 4 is 35.0 Å². The Balaban J connectivity index is 1.53. The number of halogens is 3. The number of amides is 2. The van der Waals surface area contributed by atoms with Crippen LogP contribution in [0.15, 0.2) is 58.8 Å². The Hall–Kier alpha value is -2.59. The van der Waals surface area contributed by atoms with Gasteiger partial charge in [-0.05, 0) is 47.1 Å². The van der Waals surface area contributed by atoms with E-state index in [4.69, 9.17) is 0 Å². The van der Waals surface area contributed by atoms with E-state index in [0.29, 0.717) is 0 Å². The van der Waals surface area contributed by atoms with Crippen LogP contribution in [0, 0.1) is 0 Å². The molecule has 0 unspecified atom stereocenters. The summed E-state index contributed by atoms with van der Waals surface area (Å²) in [6.07, 6.45) is 0. The minimum absolute atomic E-state index is 0.00687. The van der Waals surface area contributed by atoms with Crippen LogP contribution < -0.4 is 10.6 Å². The van der Waals surface area contributed by atoms with Crippen molar-refractivity contribution in [2.45, 2.75) is 16.9 Å². The summed E-state index contributed by atoms with van der Waals surface area (Å²) < 4.78 is 41.1. The summed E-state index contributed by atoms with van der Waals surface area (Å²) in [6, 6.07) is 12.6. The van der Waals surface area contributed by atoms with Gasteiger partial charge in [0.05, 0.1) is 0 Å². The molecule has 0 aliphatic heterocycles. The van der Waals surface area contributed by atoms with Crippen molar-refractivity contribution in [2.24, 2.45) is 0 Å². The van der Waals surface area contributed by atoms with Gasteiger partial charge in [-0.2, -0.15) is 13.2 Å². The normalized spacial score (nSPS) is 11.2. The molecular weight excluding hydrogens is 397 g/mol. The third-order valence-corrected chi connectivity index (χ3v) is 4.61. The van der Waals surface area contributed by atoms with Crippen molar-refractivity contribution in [3.8, 4) is 11.3 Å². The van der Waals surface area contributed by atoms with Gasteiger partial charge in [0, 0.05) is 28.1 Å². The van der Waals surface area contributed by atoms with Gasteiger partial charge in [-0.1, -0.05) is 34.8 Å². The molecule has 2 aromatic carbocycles. The molecule has 0 aliphatic rings. The lowest BCUT2D eigenvalue weighted by molar-refractivity contribution is -0.0328. The molecule has 2 N–H and O–H groups in total. The summed E-state index contributed by atoms with van der Waals surface area (Å²) in [7, 11) is 0. The van der Waals surface area contributed by atoms with Gasteiger partial charge in [0.2, 0.25) is 0 Å². The van der Waals surface area contributed by atoms with Crippen LogP contribution in [0.5, 0.6) is 0 Å². The van der Waals surface area contributed by atoms with Gasteiger partial charge >= 0.3 is 11.5 Å². The van der Waals surface area contributed by atoms with Crippen LogP contribution in [0.25, 0.3) is 11.3 Å². The Bertz CT molecular complexity index is 899. The lowest BCUT2D eigenvalue weighted by Crippen LogP contribution is -2.28. The Morgan fingerprint density at radius 3 is 2.59 bits per heavy atom. The fraction of sp³-hybridized carbons (Fsp3) is 0.118. The van der Waals surface area contributed by atoms with E-state index in [-0.39, 0.29) is 28.9 Å². The maximum absolute atomic E-state index is 12.4. The molecule has 1 aromatic heterocycles. The molecule has 2 amide bonds. The van der Waals surface area contributed by atoms with Crippen LogP contribution in [0.3, 0.4) is 0 Å². The maximum atomic E-state index is 12.4. The molecule has 0 fully saturated rings. The standard InChI is InChI=1S/C17H13F3N4OS2/c18-17(19,20)27-14-3-1-2-13(8-14)22-16(25)21-9-11-4-6-12(7-5-11)15-10-26-24-23-15/h1-8,10H,9H2,(H2,21,22,25). The fourth-order valence-corrected chi connectivity index (χ4v) is 3.28. The number of hydrogen-bond acceptors (Lipinski definition) is 5. The summed E-state index contributed by atoms with van der Waals surface area (Å²) in [5.74, 6) is 0. The van der Waals surface area contributed by atoms with E-state index in [9.17, 15) is 18.0 Å². The van der Waals surface area contributed by atoms with Crippen LogP contribution in [-0.4, -0.2) is 21.1 Å².